The molecule has 0 saturated heterocycles. The maximum Gasteiger partial charge on any atom is 2.00 e. The van der Waals surface area contributed by atoms with E-state index in [-0.39, 0.29) is 108 Å². The van der Waals surface area contributed by atoms with Gasteiger partial charge in [0.05, 0.1) is 0 Å². The number of rotatable bonds is 0. The minimum atomic E-state index is 0. The predicted octanol–water partition coefficient (Wildman–Crippen LogP) is -4.24. The van der Waals surface area contributed by atoms with E-state index in [0.717, 1.165) is 0 Å². The fourth-order valence-corrected chi connectivity index (χ4v) is 0. The third-order valence-electron chi connectivity index (χ3n) is 0. The molecule has 11 heavy (non-hydrogen) atoms. The van der Waals surface area contributed by atoms with E-state index in [9.17, 15) is 0 Å². The first kappa shape index (κ1) is 533. The van der Waals surface area contributed by atoms with Crippen molar-refractivity contribution in [3.8, 4) is 0 Å². The molecule has 2 radical (unpaired) electrons. The van der Waals surface area contributed by atoms with E-state index in [0.29, 0.717) is 0 Å². The summed E-state index contributed by atoms with van der Waals surface area (Å²) < 4.78 is 0. The summed E-state index contributed by atoms with van der Waals surface area (Å²) in [5.74, 6) is 0. The van der Waals surface area contributed by atoms with Crippen LogP contribution in [0.1, 0.15) is 0 Å². The average molecular weight is 299 g/mol. The molecule has 0 aromatic heterocycles. The maximum atomic E-state index is 0. The van der Waals surface area contributed by atoms with Gasteiger partial charge in [0.25, 0.3) is 0 Å². The largest absolute Gasteiger partial charge is 2.00 e. The zero-order chi connectivity index (χ0) is 0. The van der Waals surface area contributed by atoms with Gasteiger partial charge in [-0.25, -0.2) is 0 Å². The van der Waals surface area contributed by atoms with Crippen molar-refractivity contribution < 1.29 is 108 Å². The van der Waals surface area contributed by atoms with Crippen LogP contribution < -0.4 is 18.9 Å². The Kier molecular flexibility index (Phi) is 20000. The normalized spacial score (nSPS) is 0. The Labute approximate surface area is 107 Å². The number of hydrogen-bond donors (Lipinski definition) is 0. The Balaban J connectivity index is 0. The fraction of sp³-hybridized carbons (Fsp3) is 0. The van der Waals surface area contributed by atoms with Gasteiger partial charge in [0.15, 0.2) is 0 Å². The van der Waals surface area contributed by atoms with Crippen LogP contribution >= 0.6 is 0 Å². The summed E-state index contributed by atoms with van der Waals surface area (Å²) >= 11 is 0. The van der Waals surface area contributed by atoms with E-state index in [4.69, 9.17) is 0 Å². The van der Waals surface area contributed by atoms with Crippen LogP contribution in [0.5, 0.6) is 0 Å². The summed E-state index contributed by atoms with van der Waals surface area (Å²) in [6, 6.07) is 0. The summed E-state index contributed by atoms with van der Waals surface area (Å²) in [5.41, 5.74) is 0. The fourth-order valence-electron chi connectivity index (χ4n) is 0. The summed E-state index contributed by atoms with van der Waals surface area (Å²) in [6.07, 6.45) is 0. The van der Waals surface area contributed by atoms with E-state index in [1.54, 1.807) is 0 Å². The minimum absolute atomic E-state index is 0. The van der Waals surface area contributed by atoms with Gasteiger partial charge in [0, 0.05) is 0 Å². The zero-order valence-corrected chi connectivity index (χ0v) is 8.37. The van der Waals surface area contributed by atoms with E-state index in [1.165, 1.54) is 0 Å². The molecule has 7 nitrogen and oxygen atoms in total. The van der Waals surface area contributed by atoms with Crippen LogP contribution in [0.3, 0.4) is 0 Å². The molecule has 0 heterocycles. The second-order valence-electron chi connectivity index (χ2n) is 0. The number of hydrogen-bond acceptors (Lipinski definition) is 7. The molecule has 0 bridgehead atoms. The molecule has 0 aromatic carbocycles. The Bertz CT molecular complexity index is 18.4. The first-order chi connectivity index (χ1) is 0. The van der Waals surface area contributed by atoms with Gasteiger partial charge in [-0.2, -0.15) is 0 Å². The molecule has 11 heteroatoms. The Hall–Kier alpha value is 1.84. The van der Waals surface area contributed by atoms with Crippen LogP contribution in [0.15, 0.2) is 0 Å². The monoisotopic (exact) mass is 298 g/mol. The van der Waals surface area contributed by atoms with E-state index < -0.39 is 0 Å². The van der Waals surface area contributed by atoms with Crippen LogP contribution in [-0.4, -0.2) is 38.3 Å². The van der Waals surface area contributed by atoms with Crippen molar-refractivity contribution in [2.24, 2.45) is 0 Å². The van der Waals surface area contributed by atoms with Gasteiger partial charge in [-0.05, 0) is 0 Å². The van der Waals surface area contributed by atoms with Crippen molar-refractivity contribution >= 4 is 0 Å². The van der Waals surface area contributed by atoms with Gasteiger partial charge in [-0.1, -0.05) is 0 Å². The van der Waals surface area contributed by atoms with Crippen molar-refractivity contribution in [2.45, 2.75) is 0 Å². The van der Waals surface area contributed by atoms with Gasteiger partial charge in [-0.15, -0.1) is 0 Å². The molecule has 76 valence electrons. The Morgan fingerprint density at radius 1 is 0.455 bits per heavy atom. The molecule has 0 aromatic rings. The minimum Gasteiger partial charge on any atom is -0.870 e. The summed E-state index contributed by atoms with van der Waals surface area (Å²) in [5, 5.41) is 0. The molecule has 0 aliphatic heterocycles. The van der Waals surface area contributed by atoms with Crippen molar-refractivity contribution in [3.63, 3.8) is 0 Å². The topological polar surface area (TPSA) is 210 Å². The van der Waals surface area contributed by atoms with Crippen LogP contribution in [0.2, 0.25) is 0 Å². The second kappa shape index (κ2) is 412. The van der Waals surface area contributed by atoms with Gasteiger partial charge in [-0.3, -0.25) is 0 Å². The standard InChI is InChI=1S/Co.Li.Mn.Ni.7H2O/h;;;;7*1H2/q+2;+1;2*+2;;;;;;;/p-7. The molecule has 7 N–H and O–H groups in total. The molecular weight excluding hydrogens is 291 g/mol. The van der Waals surface area contributed by atoms with Crippen molar-refractivity contribution in [1.29, 1.82) is 0 Å². The molecule has 0 amide bonds. The molecule has 0 unspecified atom stereocenters. The molecule has 0 fully saturated rings. The third-order valence-corrected chi connectivity index (χ3v) is 0. The smallest absolute Gasteiger partial charge is 0.870 e. The molecular formula is H7CoLiMnNiO7. The predicted molar refractivity (Wildman–Crippen MR) is 13.6 cm³/mol. The van der Waals surface area contributed by atoms with Crippen LogP contribution in [0.25, 0.3) is 0 Å². The molecule has 0 spiro atoms. The summed E-state index contributed by atoms with van der Waals surface area (Å²) in [6.45, 7) is 0. The van der Waals surface area contributed by atoms with Crippen molar-refractivity contribution in [2.75, 3.05) is 0 Å². The third kappa shape index (κ3) is 339. The Morgan fingerprint density at radius 3 is 0.455 bits per heavy atom. The second-order valence-corrected chi connectivity index (χ2v) is 0. The average Bonchev–Trinajstić information content (AvgIpc) is 0. The first-order valence-electron chi connectivity index (χ1n) is 0. The first-order valence-corrected chi connectivity index (χ1v) is 0. The van der Waals surface area contributed by atoms with Gasteiger partial charge in [0.2, 0.25) is 0 Å². The summed E-state index contributed by atoms with van der Waals surface area (Å²) in [7, 11) is 0. The molecule has 0 aliphatic carbocycles. The Morgan fingerprint density at radius 2 is 0.455 bits per heavy atom. The SMILES string of the molecule is [Co+2].[Li+].[Mn+2].[Ni+2].[OH-].[OH-].[OH-].[OH-].[OH-].[OH-].[OH-]. The summed E-state index contributed by atoms with van der Waals surface area (Å²) in [4.78, 5) is 0. The maximum absolute atomic E-state index is 0. The molecule has 0 rings (SSSR count). The van der Waals surface area contributed by atoms with E-state index >= 15 is 0 Å². The van der Waals surface area contributed by atoms with Gasteiger partial charge < -0.3 is 38.3 Å². The van der Waals surface area contributed by atoms with Crippen molar-refractivity contribution in [1.82, 2.24) is 0 Å². The quantitative estimate of drug-likeness (QED) is 0.401. The molecule has 0 atom stereocenters. The van der Waals surface area contributed by atoms with Crippen LogP contribution in [0, 0.1) is 0 Å². The van der Waals surface area contributed by atoms with Crippen LogP contribution in [0.4, 0.5) is 0 Å². The van der Waals surface area contributed by atoms with Crippen LogP contribution in [-0.2, 0) is 50.3 Å². The van der Waals surface area contributed by atoms with E-state index in [2.05, 4.69) is 0 Å². The van der Waals surface area contributed by atoms with Gasteiger partial charge >= 0.3 is 69.2 Å². The van der Waals surface area contributed by atoms with E-state index in [1.807, 2.05) is 0 Å². The molecule has 0 aliphatic rings. The van der Waals surface area contributed by atoms with Crippen molar-refractivity contribution in [3.05, 3.63) is 0 Å². The van der Waals surface area contributed by atoms with Gasteiger partial charge in [0.1, 0.15) is 0 Å². The molecule has 0 saturated carbocycles. The zero-order valence-electron chi connectivity index (χ0n) is 5.16.